The molecule has 2 amide bonds. The van der Waals surface area contributed by atoms with Crippen molar-refractivity contribution in [3.63, 3.8) is 0 Å². The Morgan fingerprint density at radius 3 is 2.28 bits per heavy atom. The van der Waals surface area contributed by atoms with E-state index in [0.717, 1.165) is 17.7 Å². The van der Waals surface area contributed by atoms with Crippen molar-refractivity contribution in [3.8, 4) is 0 Å². The van der Waals surface area contributed by atoms with Crippen molar-refractivity contribution in [1.29, 1.82) is 0 Å². The Labute approximate surface area is 157 Å². The predicted octanol–water partition coefficient (Wildman–Crippen LogP) is 4.52. The Morgan fingerprint density at radius 1 is 1.00 bits per heavy atom. The number of amides is 2. The minimum Gasteiger partial charge on any atom is -0.325 e. The molecule has 0 aliphatic heterocycles. The number of rotatable bonds is 7. The Morgan fingerprint density at radius 2 is 1.64 bits per heavy atom. The zero-order valence-corrected chi connectivity index (χ0v) is 15.8. The first-order chi connectivity index (χ1) is 12.0. The molecule has 4 nitrogen and oxygen atoms in total. The van der Waals surface area contributed by atoms with Crippen molar-refractivity contribution in [2.75, 3.05) is 22.1 Å². The summed E-state index contributed by atoms with van der Waals surface area (Å²) in [5.74, 6) is 0.141. The van der Waals surface area contributed by atoms with Gasteiger partial charge in [-0.2, -0.15) is 0 Å². The molecule has 2 rings (SSSR count). The smallest absolute Gasteiger partial charge is 0.234 e. The molecule has 6 heteroatoms. The molecule has 2 aromatic carbocycles. The predicted molar refractivity (Wildman–Crippen MR) is 107 cm³/mol. The van der Waals surface area contributed by atoms with Crippen LogP contribution >= 0.6 is 23.4 Å². The zero-order valence-electron chi connectivity index (χ0n) is 14.3. The van der Waals surface area contributed by atoms with Crippen molar-refractivity contribution < 1.29 is 9.59 Å². The molecule has 0 saturated heterocycles. The molecule has 132 valence electrons. The second-order valence-electron chi connectivity index (χ2n) is 5.55. The van der Waals surface area contributed by atoms with Crippen LogP contribution in [0.4, 0.5) is 11.4 Å². The van der Waals surface area contributed by atoms with Gasteiger partial charge in [0.2, 0.25) is 11.8 Å². The van der Waals surface area contributed by atoms with Crippen LogP contribution in [0.2, 0.25) is 5.02 Å². The molecule has 0 aliphatic rings. The first-order valence-electron chi connectivity index (χ1n) is 8.01. The third-order valence-corrected chi connectivity index (χ3v) is 5.00. The van der Waals surface area contributed by atoms with E-state index in [1.807, 2.05) is 31.2 Å². The van der Waals surface area contributed by atoms with Crippen LogP contribution in [0.5, 0.6) is 0 Å². The monoisotopic (exact) mass is 376 g/mol. The summed E-state index contributed by atoms with van der Waals surface area (Å²) in [4.78, 5) is 23.9. The quantitative estimate of drug-likeness (QED) is 0.746. The van der Waals surface area contributed by atoms with E-state index in [2.05, 4.69) is 17.6 Å². The number of benzene rings is 2. The molecule has 0 saturated carbocycles. The van der Waals surface area contributed by atoms with Crippen LogP contribution in [0.15, 0.2) is 42.5 Å². The molecule has 0 heterocycles. The highest BCUT2D eigenvalue weighted by molar-refractivity contribution is 8.00. The number of thioether (sulfide) groups is 1. The second-order valence-corrected chi connectivity index (χ2v) is 6.94. The number of carbonyl (C=O) groups is 2. The van der Waals surface area contributed by atoms with E-state index < -0.39 is 0 Å². The lowest BCUT2D eigenvalue weighted by Gasteiger charge is -2.09. The lowest BCUT2D eigenvalue weighted by Crippen LogP contribution is -2.18. The van der Waals surface area contributed by atoms with E-state index in [4.69, 9.17) is 11.6 Å². The standard InChI is InChI=1S/C19H21ClN2O2S/c1-3-14-7-9-15(10-8-14)21-18(23)11-25-12-19(24)22-17-6-4-5-16(20)13(17)2/h4-10H,3,11-12H2,1-2H3,(H,21,23)(H,22,24). The van der Waals surface area contributed by atoms with Crippen molar-refractivity contribution >= 4 is 46.6 Å². The molecule has 0 atom stereocenters. The van der Waals surface area contributed by atoms with Crippen LogP contribution in [-0.2, 0) is 16.0 Å². The fourth-order valence-corrected chi connectivity index (χ4v) is 2.98. The number of hydrogen-bond donors (Lipinski definition) is 2. The minimum atomic E-state index is -0.157. The van der Waals surface area contributed by atoms with E-state index in [1.165, 1.54) is 17.3 Å². The van der Waals surface area contributed by atoms with Gasteiger partial charge in [-0.05, 0) is 48.7 Å². The summed E-state index contributed by atoms with van der Waals surface area (Å²) in [6.07, 6.45) is 0.964. The number of anilines is 2. The summed E-state index contributed by atoms with van der Waals surface area (Å²) in [5, 5.41) is 6.25. The molecule has 0 radical (unpaired) electrons. The van der Waals surface area contributed by atoms with Gasteiger partial charge in [0.05, 0.1) is 11.5 Å². The fourth-order valence-electron chi connectivity index (χ4n) is 2.19. The van der Waals surface area contributed by atoms with Gasteiger partial charge in [0.1, 0.15) is 0 Å². The van der Waals surface area contributed by atoms with Crippen LogP contribution < -0.4 is 10.6 Å². The average Bonchev–Trinajstić information content (AvgIpc) is 2.59. The van der Waals surface area contributed by atoms with Crippen molar-refractivity contribution in [2.45, 2.75) is 20.3 Å². The van der Waals surface area contributed by atoms with Crippen molar-refractivity contribution in [3.05, 3.63) is 58.6 Å². The van der Waals surface area contributed by atoms with Crippen LogP contribution in [0.1, 0.15) is 18.1 Å². The molecular formula is C19H21ClN2O2S. The first kappa shape index (κ1) is 19.3. The summed E-state index contributed by atoms with van der Waals surface area (Å²) >= 11 is 7.30. The average molecular weight is 377 g/mol. The number of aryl methyl sites for hydroxylation is 1. The van der Waals surface area contributed by atoms with E-state index in [-0.39, 0.29) is 23.3 Å². The van der Waals surface area contributed by atoms with Gasteiger partial charge in [-0.3, -0.25) is 9.59 Å². The Kier molecular flexibility index (Phi) is 7.34. The lowest BCUT2D eigenvalue weighted by atomic mass is 10.1. The second kappa shape index (κ2) is 9.49. The van der Waals surface area contributed by atoms with Crippen LogP contribution in [0.25, 0.3) is 0 Å². The summed E-state index contributed by atoms with van der Waals surface area (Å²) in [6, 6.07) is 13.1. The molecule has 0 aliphatic carbocycles. The SMILES string of the molecule is CCc1ccc(NC(=O)CSCC(=O)Nc2cccc(Cl)c2C)cc1. The highest BCUT2D eigenvalue weighted by Crippen LogP contribution is 2.23. The van der Waals surface area contributed by atoms with Crippen molar-refractivity contribution in [1.82, 2.24) is 0 Å². The fraction of sp³-hybridized carbons (Fsp3) is 0.263. The number of hydrogen-bond acceptors (Lipinski definition) is 3. The Bertz CT molecular complexity index is 748. The molecule has 25 heavy (non-hydrogen) atoms. The highest BCUT2D eigenvalue weighted by Gasteiger charge is 2.09. The molecular weight excluding hydrogens is 356 g/mol. The van der Waals surface area contributed by atoms with Crippen LogP contribution in [0, 0.1) is 6.92 Å². The molecule has 0 aromatic heterocycles. The summed E-state index contributed by atoms with van der Waals surface area (Å²) in [5.41, 5.74) is 3.51. The van der Waals surface area contributed by atoms with E-state index >= 15 is 0 Å². The summed E-state index contributed by atoms with van der Waals surface area (Å²) in [6.45, 7) is 3.93. The zero-order chi connectivity index (χ0) is 18.2. The number of halogens is 1. The van der Waals surface area contributed by atoms with E-state index in [1.54, 1.807) is 18.2 Å². The molecule has 0 spiro atoms. The van der Waals surface area contributed by atoms with Gasteiger partial charge in [0.15, 0.2) is 0 Å². The van der Waals surface area contributed by atoms with Crippen LogP contribution in [-0.4, -0.2) is 23.3 Å². The Balaban J connectivity index is 1.74. The number of carbonyl (C=O) groups excluding carboxylic acids is 2. The van der Waals surface area contributed by atoms with Gasteiger partial charge in [0.25, 0.3) is 0 Å². The lowest BCUT2D eigenvalue weighted by molar-refractivity contribution is -0.114. The summed E-state index contributed by atoms with van der Waals surface area (Å²) < 4.78 is 0. The van der Waals surface area contributed by atoms with Gasteiger partial charge < -0.3 is 10.6 Å². The van der Waals surface area contributed by atoms with Crippen molar-refractivity contribution in [2.24, 2.45) is 0 Å². The largest absolute Gasteiger partial charge is 0.325 e. The summed E-state index contributed by atoms with van der Waals surface area (Å²) in [7, 11) is 0. The van der Waals surface area contributed by atoms with Crippen LogP contribution in [0.3, 0.4) is 0 Å². The third kappa shape index (κ3) is 6.11. The van der Waals surface area contributed by atoms with Gasteiger partial charge in [0, 0.05) is 16.4 Å². The Hall–Kier alpha value is -1.98. The maximum Gasteiger partial charge on any atom is 0.234 e. The molecule has 0 fully saturated rings. The molecule has 2 N–H and O–H groups in total. The molecule has 0 unspecified atom stereocenters. The van der Waals surface area contributed by atoms with Gasteiger partial charge >= 0.3 is 0 Å². The van der Waals surface area contributed by atoms with E-state index in [9.17, 15) is 9.59 Å². The van der Waals surface area contributed by atoms with Gasteiger partial charge in [-0.1, -0.05) is 36.7 Å². The highest BCUT2D eigenvalue weighted by atomic mass is 35.5. The first-order valence-corrected chi connectivity index (χ1v) is 9.54. The molecule has 0 bridgehead atoms. The maximum absolute atomic E-state index is 12.0. The van der Waals surface area contributed by atoms with Gasteiger partial charge in [-0.25, -0.2) is 0 Å². The minimum absolute atomic E-state index is 0.124. The maximum atomic E-state index is 12.0. The molecule has 2 aromatic rings. The third-order valence-electron chi connectivity index (χ3n) is 3.65. The van der Waals surface area contributed by atoms with E-state index in [0.29, 0.717) is 10.7 Å². The topological polar surface area (TPSA) is 58.2 Å². The normalized spacial score (nSPS) is 10.4. The van der Waals surface area contributed by atoms with Gasteiger partial charge in [-0.15, -0.1) is 11.8 Å². The number of nitrogens with one attached hydrogen (secondary N) is 2.